The van der Waals surface area contributed by atoms with Crippen LogP contribution in [0.15, 0.2) is 54.6 Å². The molecule has 0 aliphatic rings. The molecule has 0 aliphatic heterocycles. The molecule has 0 radical (unpaired) electrons. The van der Waals surface area contributed by atoms with E-state index in [4.69, 9.17) is 5.26 Å². The van der Waals surface area contributed by atoms with E-state index in [1.165, 1.54) is 12.1 Å². The van der Waals surface area contributed by atoms with Crippen LogP contribution in [0, 0.1) is 24.1 Å². The van der Waals surface area contributed by atoms with Gasteiger partial charge < -0.3 is 10.6 Å². The third kappa shape index (κ3) is 3.65. The van der Waals surface area contributed by atoms with Crippen LogP contribution in [0.25, 0.3) is 0 Å². The van der Waals surface area contributed by atoms with Crippen molar-refractivity contribution in [2.45, 2.75) is 6.92 Å². The van der Waals surface area contributed by atoms with Crippen LogP contribution in [-0.2, 0) is 0 Å². The monoisotopic (exact) mass is 319 g/mol. The fourth-order valence-electron chi connectivity index (χ4n) is 2.21. The second-order valence-corrected chi connectivity index (χ2v) is 5.14. The van der Waals surface area contributed by atoms with Crippen molar-refractivity contribution in [3.63, 3.8) is 0 Å². The highest BCUT2D eigenvalue weighted by atomic mass is 19.1. The third-order valence-corrected chi connectivity index (χ3v) is 3.25. The number of hydrogen-bond acceptors (Lipinski definition) is 5. The molecule has 0 bridgehead atoms. The van der Waals surface area contributed by atoms with Gasteiger partial charge in [0.15, 0.2) is 0 Å². The number of aryl methyl sites for hydroxylation is 1. The predicted octanol–water partition coefficient (Wildman–Crippen LogP) is 4.28. The summed E-state index contributed by atoms with van der Waals surface area (Å²) in [7, 11) is 0. The van der Waals surface area contributed by atoms with E-state index in [0.717, 1.165) is 5.69 Å². The normalized spacial score (nSPS) is 10.0. The Morgan fingerprint density at radius 2 is 1.83 bits per heavy atom. The first kappa shape index (κ1) is 15.4. The SMILES string of the molecule is Cc1cc(Nc2cccc(F)c2)nc(Nc2ccccc2C#N)n1. The zero-order chi connectivity index (χ0) is 16.9. The summed E-state index contributed by atoms with van der Waals surface area (Å²) in [5, 5.41) is 15.2. The van der Waals surface area contributed by atoms with Gasteiger partial charge in [-0.1, -0.05) is 18.2 Å². The fourth-order valence-corrected chi connectivity index (χ4v) is 2.21. The van der Waals surface area contributed by atoms with Crippen molar-refractivity contribution in [2.75, 3.05) is 10.6 Å². The zero-order valence-corrected chi connectivity index (χ0v) is 12.9. The van der Waals surface area contributed by atoms with E-state index in [2.05, 4.69) is 26.7 Å². The lowest BCUT2D eigenvalue weighted by Gasteiger charge is -2.10. The molecular formula is C18H14FN5. The molecule has 0 spiro atoms. The van der Waals surface area contributed by atoms with Crippen LogP contribution in [0.1, 0.15) is 11.3 Å². The summed E-state index contributed by atoms with van der Waals surface area (Å²) in [6.07, 6.45) is 0. The maximum atomic E-state index is 13.3. The maximum Gasteiger partial charge on any atom is 0.229 e. The number of nitrogens with one attached hydrogen (secondary N) is 2. The Balaban J connectivity index is 1.88. The number of rotatable bonds is 4. The molecule has 0 amide bonds. The van der Waals surface area contributed by atoms with Crippen LogP contribution in [0.4, 0.5) is 27.5 Å². The number of hydrogen-bond donors (Lipinski definition) is 2. The number of halogens is 1. The first-order chi connectivity index (χ1) is 11.6. The largest absolute Gasteiger partial charge is 0.340 e. The highest BCUT2D eigenvalue weighted by Gasteiger charge is 2.06. The van der Waals surface area contributed by atoms with Gasteiger partial charge in [0.05, 0.1) is 11.3 Å². The Bertz CT molecular complexity index is 917. The van der Waals surface area contributed by atoms with Gasteiger partial charge in [-0.15, -0.1) is 0 Å². The topological polar surface area (TPSA) is 73.6 Å². The summed E-state index contributed by atoms with van der Waals surface area (Å²) in [4.78, 5) is 8.68. The van der Waals surface area contributed by atoms with Crippen LogP contribution in [0.2, 0.25) is 0 Å². The van der Waals surface area contributed by atoms with Gasteiger partial charge in [-0.25, -0.2) is 9.37 Å². The van der Waals surface area contributed by atoms with Gasteiger partial charge in [0, 0.05) is 17.4 Å². The van der Waals surface area contributed by atoms with Crippen LogP contribution in [0.5, 0.6) is 0 Å². The van der Waals surface area contributed by atoms with E-state index in [1.54, 1.807) is 36.4 Å². The molecule has 1 aromatic heterocycles. The molecule has 6 heteroatoms. The van der Waals surface area contributed by atoms with E-state index in [-0.39, 0.29) is 5.82 Å². The van der Waals surface area contributed by atoms with E-state index in [9.17, 15) is 4.39 Å². The Kier molecular flexibility index (Phi) is 4.34. The molecule has 0 atom stereocenters. The molecule has 0 unspecified atom stereocenters. The minimum Gasteiger partial charge on any atom is -0.340 e. The molecule has 3 aromatic rings. The highest BCUT2D eigenvalue weighted by molar-refractivity contribution is 5.64. The van der Waals surface area contributed by atoms with Gasteiger partial charge >= 0.3 is 0 Å². The molecule has 2 N–H and O–H groups in total. The zero-order valence-electron chi connectivity index (χ0n) is 12.9. The van der Waals surface area contributed by atoms with E-state index in [1.807, 2.05) is 13.0 Å². The number of benzene rings is 2. The van der Waals surface area contributed by atoms with Gasteiger partial charge in [-0.05, 0) is 37.3 Å². The Hall–Kier alpha value is -3.46. The first-order valence-corrected chi connectivity index (χ1v) is 7.28. The molecule has 118 valence electrons. The van der Waals surface area contributed by atoms with Gasteiger partial charge in [-0.2, -0.15) is 10.2 Å². The van der Waals surface area contributed by atoms with Crippen molar-refractivity contribution in [3.8, 4) is 6.07 Å². The second kappa shape index (κ2) is 6.75. The van der Waals surface area contributed by atoms with Gasteiger partial charge in [0.25, 0.3) is 0 Å². The number of nitrogens with zero attached hydrogens (tertiary/aromatic N) is 3. The van der Waals surface area contributed by atoms with E-state index in [0.29, 0.717) is 28.7 Å². The predicted molar refractivity (Wildman–Crippen MR) is 90.9 cm³/mol. The van der Waals surface area contributed by atoms with Crippen molar-refractivity contribution >= 4 is 23.1 Å². The van der Waals surface area contributed by atoms with E-state index >= 15 is 0 Å². The quantitative estimate of drug-likeness (QED) is 0.750. The summed E-state index contributed by atoms with van der Waals surface area (Å²) < 4.78 is 13.3. The molecule has 0 saturated carbocycles. The maximum absolute atomic E-state index is 13.3. The molecule has 3 rings (SSSR count). The summed E-state index contributed by atoms with van der Waals surface area (Å²) in [6.45, 7) is 1.83. The van der Waals surface area contributed by atoms with Gasteiger partial charge in [0.2, 0.25) is 5.95 Å². The summed E-state index contributed by atoms with van der Waals surface area (Å²) in [6, 6.07) is 17.1. The first-order valence-electron chi connectivity index (χ1n) is 7.28. The third-order valence-electron chi connectivity index (χ3n) is 3.25. The van der Waals surface area contributed by atoms with Crippen LogP contribution >= 0.6 is 0 Å². The van der Waals surface area contributed by atoms with E-state index < -0.39 is 0 Å². The lowest BCUT2D eigenvalue weighted by molar-refractivity contribution is 0.628. The Morgan fingerprint density at radius 3 is 2.62 bits per heavy atom. The molecule has 1 heterocycles. The average Bonchev–Trinajstić information content (AvgIpc) is 2.55. The Labute approximate surface area is 138 Å². The number of anilines is 4. The van der Waals surface area contributed by atoms with Gasteiger partial charge in [-0.3, -0.25) is 0 Å². The molecule has 2 aromatic carbocycles. The van der Waals surface area contributed by atoms with Crippen molar-refractivity contribution < 1.29 is 4.39 Å². The molecule has 0 aliphatic carbocycles. The summed E-state index contributed by atoms with van der Waals surface area (Å²) >= 11 is 0. The Morgan fingerprint density at radius 1 is 1.00 bits per heavy atom. The summed E-state index contributed by atoms with van der Waals surface area (Å²) in [5.41, 5.74) is 2.46. The molecule has 24 heavy (non-hydrogen) atoms. The standard InChI is InChI=1S/C18H14FN5/c1-12-9-17(22-15-7-4-6-14(19)10-15)24-18(21-12)23-16-8-3-2-5-13(16)11-20/h2-10H,1H3,(H2,21,22,23,24). The van der Waals surface area contributed by atoms with Crippen LogP contribution in [0.3, 0.4) is 0 Å². The van der Waals surface area contributed by atoms with Crippen molar-refractivity contribution in [1.82, 2.24) is 9.97 Å². The van der Waals surface area contributed by atoms with Crippen molar-refractivity contribution in [2.24, 2.45) is 0 Å². The summed E-state index contributed by atoms with van der Waals surface area (Å²) in [5.74, 6) is 0.564. The fraction of sp³-hybridized carbons (Fsp3) is 0.0556. The molecular weight excluding hydrogens is 305 g/mol. The smallest absolute Gasteiger partial charge is 0.229 e. The lowest BCUT2D eigenvalue weighted by Crippen LogP contribution is -2.03. The number of nitriles is 1. The number of para-hydroxylation sites is 1. The molecule has 0 fully saturated rings. The molecule has 0 saturated heterocycles. The lowest BCUT2D eigenvalue weighted by atomic mass is 10.2. The highest BCUT2D eigenvalue weighted by Crippen LogP contribution is 2.21. The van der Waals surface area contributed by atoms with Crippen LogP contribution in [-0.4, -0.2) is 9.97 Å². The minimum absolute atomic E-state index is 0.327. The second-order valence-electron chi connectivity index (χ2n) is 5.14. The number of aromatic nitrogens is 2. The van der Waals surface area contributed by atoms with Crippen molar-refractivity contribution in [1.29, 1.82) is 5.26 Å². The minimum atomic E-state index is -0.327. The van der Waals surface area contributed by atoms with Gasteiger partial charge in [0.1, 0.15) is 17.7 Å². The van der Waals surface area contributed by atoms with Crippen LogP contribution < -0.4 is 10.6 Å². The average molecular weight is 319 g/mol. The van der Waals surface area contributed by atoms with Crippen molar-refractivity contribution in [3.05, 3.63) is 71.7 Å². The molecule has 5 nitrogen and oxygen atoms in total.